The number of amides is 1. The van der Waals surface area contributed by atoms with Crippen LogP contribution in [-0.4, -0.2) is 61.8 Å². The van der Waals surface area contributed by atoms with E-state index in [-0.39, 0.29) is 12.5 Å². The van der Waals surface area contributed by atoms with Crippen LogP contribution in [0.15, 0.2) is 0 Å². The van der Waals surface area contributed by atoms with E-state index < -0.39 is 0 Å². The minimum absolute atomic E-state index is 0.0503. The number of nitrogens with one attached hydrogen (secondary N) is 2. The third-order valence-electron chi connectivity index (χ3n) is 2.74. The number of hydrogen-bond acceptors (Lipinski definition) is 4. The lowest BCUT2D eigenvalue weighted by Crippen LogP contribution is -2.44. The van der Waals surface area contributed by atoms with Crippen molar-refractivity contribution in [3.05, 3.63) is 0 Å². The van der Waals surface area contributed by atoms with Gasteiger partial charge >= 0.3 is 0 Å². The number of carbonyl (C=O) groups is 1. The quantitative estimate of drug-likeness (QED) is 0.499. The maximum atomic E-state index is 11.2. The summed E-state index contributed by atoms with van der Waals surface area (Å²) in [5.74, 6) is 0.0503. The van der Waals surface area contributed by atoms with Gasteiger partial charge in [-0.15, -0.1) is 0 Å². The molecule has 0 atom stereocenters. The Kier molecular flexibility index (Phi) is 7.12. The van der Waals surface area contributed by atoms with Crippen LogP contribution in [0.25, 0.3) is 0 Å². The fourth-order valence-electron chi connectivity index (χ4n) is 1.79. The summed E-state index contributed by atoms with van der Waals surface area (Å²) in [5.41, 5.74) is 0. The number of aliphatic hydroxyl groups excluding tert-OH is 1. The molecule has 1 rings (SSSR count). The first kappa shape index (κ1) is 13.4. The lowest BCUT2D eigenvalue weighted by Gasteiger charge is -2.27. The molecule has 3 N–H and O–H groups in total. The van der Waals surface area contributed by atoms with Crippen molar-refractivity contribution < 1.29 is 9.90 Å². The van der Waals surface area contributed by atoms with Crippen molar-refractivity contribution in [2.24, 2.45) is 0 Å². The van der Waals surface area contributed by atoms with Gasteiger partial charge in [-0.2, -0.15) is 0 Å². The SMILES string of the molecule is O=C(CCCO)NCCCN1CCNCC1. The van der Waals surface area contributed by atoms with Crippen molar-refractivity contribution >= 4 is 5.91 Å². The monoisotopic (exact) mass is 229 g/mol. The van der Waals surface area contributed by atoms with Crippen molar-refractivity contribution in [3.63, 3.8) is 0 Å². The first-order valence-corrected chi connectivity index (χ1v) is 6.13. The minimum atomic E-state index is 0.0503. The molecule has 16 heavy (non-hydrogen) atoms. The van der Waals surface area contributed by atoms with Crippen LogP contribution in [0.3, 0.4) is 0 Å². The summed E-state index contributed by atoms with van der Waals surface area (Å²) in [6.45, 7) is 6.26. The van der Waals surface area contributed by atoms with E-state index in [1.807, 2.05) is 0 Å². The van der Waals surface area contributed by atoms with Crippen LogP contribution in [-0.2, 0) is 4.79 Å². The van der Waals surface area contributed by atoms with Gasteiger partial charge in [-0.1, -0.05) is 0 Å². The number of hydrogen-bond donors (Lipinski definition) is 3. The summed E-state index contributed by atoms with van der Waals surface area (Å²) < 4.78 is 0. The number of nitrogens with zero attached hydrogens (tertiary/aromatic N) is 1. The van der Waals surface area contributed by atoms with Crippen molar-refractivity contribution in [2.75, 3.05) is 45.9 Å². The van der Waals surface area contributed by atoms with E-state index in [9.17, 15) is 4.79 Å². The van der Waals surface area contributed by atoms with Crippen LogP contribution in [0.2, 0.25) is 0 Å². The second kappa shape index (κ2) is 8.50. The summed E-state index contributed by atoms with van der Waals surface area (Å²) >= 11 is 0. The molecule has 0 radical (unpaired) electrons. The fourth-order valence-corrected chi connectivity index (χ4v) is 1.79. The Morgan fingerprint density at radius 1 is 1.31 bits per heavy atom. The summed E-state index contributed by atoms with van der Waals surface area (Å²) in [7, 11) is 0. The van der Waals surface area contributed by atoms with Crippen LogP contribution in [0.1, 0.15) is 19.3 Å². The standard InChI is InChI=1S/C11H23N3O2/c15-10-1-3-11(16)13-4-2-7-14-8-5-12-6-9-14/h12,15H,1-10H2,(H,13,16). The van der Waals surface area contributed by atoms with Gasteiger partial charge in [0, 0.05) is 45.8 Å². The van der Waals surface area contributed by atoms with Crippen LogP contribution in [0, 0.1) is 0 Å². The van der Waals surface area contributed by atoms with Gasteiger partial charge in [0.05, 0.1) is 0 Å². The lowest BCUT2D eigenvalue weighted by atomic mass is 10.3. The average Bonchev–Trinajstić information content (AvgIpc) is 2.33. The van der Waals surface area contributed by atoms with Crippen LogP contribution in [0.5, 0.6) is 0 Å². The van der Waals surface area contributed by atoms with Gasteiger partial charge < -0.3 is 20.6 Å². The summed E-state index contributed by atoms with van der Waals surface area (Å²) in [6, 6.07) is 0. The molecule has 1 saturated heterocycles. The van der Waals surface area contributed by atoms with Crippen LogP contribution < -0.4 is 10.6 Å². The molecule has 0 bridgehead atoms. The number of aliphatic hydroxyl groups is 1. The molecule has 0 unspecified atom stereocenters. The number of rotatable bonds is 7. The van der Waals surface area contributed by atoms with Crippen LogP contribution in [0.4, 0.5) is 0 Å². The Morgan fingerprint density at radius 3 is 2.75 bits per heavy atom. The molecule has 1 aliphatic heterocycles. The van der Waals surface area contributed by atoms with E-state index in [4.69, 9.17) is 5.11 Å². The third kappa shape index (κ3) is 6.05. The molecule has 94 valence electrons. The highest BCUT2D eigenvalue weighted by molar-refractivity contribution is 5.75. The molecule has 0 spiro atoms. The van der Waals surface area contributed by atoms with E-state index in [1.165, 1.54) is 0 Å². The molecule has 1 amide bonds. The largest absolute Gasteiger partial charge is 0.396 e. The van der Waals surface area contributed by atoms with Crippen molar-refractivity contribution in [1.29, 1.82) is 0 Å². The van der Waals surface area contributed by atoms with Crippen molar-refractivity contribution in [1.82, 2.24) is 15.5 Å². The first-order valence-electron chi connectivity index (χ1n) is 6.13. The molecule has 1 fully saturated rings. The van der Waals surface area contributed by atoms with Crippen LogP contribution >= 0.6 is 0 Å². The van der Waals surface area contributed by atoms with E-state index in [2.05, 4.69) is 15.5 Å². The van der Waals surface area contributed by atoms with E-state index in [1.54, 1.807) is 0 Å². The minimum Gasteiger partial charge on any atom is -0.396 e. The van der Waals surface area contributed by atoms with Gasteiger partial charge in [0.2, 0.25) is 5.91 Å². The Morgan fingerprint density at radius 2 is 2.06 bits per heavy atom. The summed E-state index contributed by atoms with van der Waals surface area (Å²) in [4.78, 5) is 13.6. The predicted molar refractivity (Wildman–Crippen MR) is 63.3 cm³/mol. The molecule has 0 saturated carbocycles. The molecule has 0 aliphatic carbocycles. The molecule has 0 aromatic carbocycles. The van der Waals surface area contributed by atoms with Gasteiger partial charge in [0.25, 0.3) is 0 Å². The van der Waals surface area contributed by atoms with Crippen molar-refractivity contribution in [2.45, 2.75) is 19.3 Å². The highest BCUT2D eigenvalue weighted by Crippen LogP contribution is 1.94. The Hall–Kier alpha value is -0.650. The van der Waals surface area contributed by atoms with Gasteiger partial charge in [0.1, 0.15) is 0 Å². The Balaban J connectivity index is 1.92. The highest BCUT2D eigenvalue weighted by Gasteiger charge is 2.08. The van der Waals surface area contributed by atoms with Gasteiger partial charge in [0.15, 0.2) is 0 Å². The zero-order chi connectivity index (χ0) is 11.6. The molecular weight excluding hydrogens is 206 g/mol. The van der Waals surface area contributed by atoms with Gasteiger partial charge in [-0.25, -0.2) is 0 Å². The first-order chi connectivity index (χ1) is 7.83. The third-order valence-corrected chi connectivity index (χ3v) is 2.74. The van der Waals surface area contributed by atoms with Crippen molar-refractivity contribution in [3.8, 4) is 0 Å². The molecule has 5 nitrogen and oxygen atoms in total. The zero-order valence-electron chi connectivity index (χ0n) is 9.87. The summed E-state index contributed by atoms with van der Waals surface area (Å²) in [5, 5.41) is 14.7. The molecule has 1 aliphatic rings. The van der Waals surface area contributed by atoms with Gasteiger partial charge in [-0.3, -0.25) is 4.79 Å². The Labute approximate surface area is 97.2 Å². The van der Waals surface area contributed by atoms with E-state index in [0.29, 0.717) is 12.8 Å². The van der Waals surface area contributed by atoms with E-state index in [0.717, 1.165) is 45.7 Å². The maximum absolute atomic E-state index is 11.2. The molecule has 0 aromatic rings. The highest BCUT2D eigenvalue weighted by atomic mass is 16.3. The molecule has 5 heteroatoms. The fraction of sp³-hybridized carbons (Fsp3) is 0.909. The normalized spacial score (nSPS) is 17.3. The summed E-state index contributed by atoms with van der Waals surface area (Å²) in [6.07, 6.45) is 2.00. The zero-order valence-corrected chi connectivity index (χ0v) is 9.87. The maximum Gasteiger partial charge on any atom is 0.220 e. The number of carbonyl (C=O) groups excluding carboxylic acids is 1. The molecule has 0 aromatic heterocycles. The molecule has 1 heterocycles. The Bertz CT molecular complexity index is 194. The smallest absolute Gasteiger partial charge is 0.220 e. The number of piperazine rings is 1. The van der Waals surface area contributed by atoms with E-state index >= 15 is 0 Å². The predicted octanol–water partition coefficient (Wildman–Crippen LogP) is -0.830. The second-order valence-electron chi connectivity index (χ2n) is 4.12. The average molecular weight is 229 g/mol. The second-order valence-corrected chi connectivity index (χ2v) is 4.12. The lowest BCUT2D eigenvalue weighted by molar-refractivity contribution is -0.121. The topological polar surface area (TPSA) is 64.6 Å². The molecular formula is C11H23N3O2. The van der Waals surface area contributed by atoms with Gasteiger partial charge in [-0.05, 0) is 19.4 Å².